The van der Waals surface area contributed by atoms with Crippen molar-refractivity contribution in [2.24, 2.45) is 0 Å². The summed E-state index contributed by atoms with van der Waals surface area (Å²) in [4.78, 5) is 0. The monoisotopic (exact) mass is 318 g/mol. The molecule has 0 heterocycles. The maximum Gasteiger partial charge on any atom is 0.0401 e. The average molecular weight is 318 g/mol. The van der Waals surface area contributed by atoms with E-state index < -0.39 is 0 Å². The molecule has 0 spiro atoms. The average Bonchev–Trinajstić information content (AvgIpc) is 2.67. The van der Waals surface area contributed by atoms with Crippen molar-refractivity contribution in [2.75, 3.05) is 7.05 Å². The third kappa shape index (κ3) is 4.01. The van der Waals surface area contributed by atoms with Crippen LogP contribution < -0.4 is 5.32 Å². The van der Waals surface area contributed by atoms with Crippen LogP contribution in [0.4, 0.5) is 0 Å². The molecule has 0 saturated carbocycles. The minimum absolute atomic E-state index is 0.179. The topological polar surface area (TPSA) is 35.9 Å². The molecule has 0 aromatic heterocycles. The predicted molar refractivity (Wildman–Crippen MR) is 103 cm³/mol. The molecule has 2 N–H and O–H groups in total. The molecule has 0 bridgehead atoms. The summed E-state index contributed by atoms with van der Waals surface area (Å²) in [5.74, 6) is 0. The zero-order valence-electron chi connectivity index (χ0n) is 14.4. The molecule has 3 rings (SSSR count). The zero-order valence-corrected chi connectivity index (χ0v) is 14.4. The van der Waals surface area contributed by atoms with Gasteiger partial charge >= 0.3 is 0 Å². The predicted octanol–water partition coefficient (Wildman–Crippen LogP) is 5.37. The molecule has 2 aliphatic rings. The van der Waals surface area contributed by atoms with Crippen molar-refractivity contribution in [2.45, 2.75) is 38.1 Å². The third-order valence-electron chi connectivity index (χ3n) is 4.74. The van der Waals surface area contributed by atoms with Crippen molar-refractivity contribution in [3.63, 3.8) is 0 Å². The van der Waals surface area contributed by atoms with Crippen molar-refractivity contribution in [3.05, 3.63) is 77.4 Å². The smallest absolute Gasteiger partial charge is 0.0401 e. The molecule has 24 heavy (non-hydrogen) atoms. The molecule has 0 radical (unpaired) electrons. The largest absolute Gasteiger partial charge is 0.313 e. The van der Waals surface area contributed by atoms with E-state index in [0.29, 0.717) is 12.1 Å². The van der Waals surface area contributed by atoms with Crippen molar-refractivity contribution in [1.29, 1.82) is 5.41 Å². The highest BCUT2D eigenvalue weighted by Gasteiger charge is 2.14. The fourth-order valence-corrected chi connectivity index (χ4v) is 3.28. The van der Waals surface area contributed by atoms with E-state index in [0.717, 1.165) is 31.3 Å². The van der Waals surface area contributed by atoms with Crippen LogP contribution in [0.5, 0.6) is 0 Å². The normalized spacial score (nSPS) is 18.0. The lowest BCUT2D eigenvalue weighted by atomic mass is 9.93. The van der Waals surface area contributed by atoms with Gasteiger partial charge in [-0.15, -0.1) is 0 Å². The molecule has 2 heteroatoms. The lowest BCUT2D eigenvalue weighted by Gasteiger charge is -2.19. The molecule has 0 amide bonds. The van der Waals surface area contributed by atoms with Gasteiger partial charge in [-0.1, -0.05) is 60.7 Å². The summed E-state index contributed by atoms with van der Waals surface area (Å²) in [5.41, 5.74) is 5.63. The van der Waals surface area contributed by atoms with Gasteiger partial charge in [0.25, 0.3) is 0 Å². The van der Waals surface area contributed by atoms with Crippen LogP contribution in [-0.4, -0.2) is 12.8 Å². The minimum Gasteiger partial charge on any atom is -0.313 e. The van der Waals surface area contributed by atoms with Crippen molar-refractivity contribution in [3.8, 4) is 0 Å². The highest BCUT2D eigenvalue weighted by molar-refractivity contribution is 6.00. The van der Waals surface area contributed by atoms with Gasteiger partial charge in [-0.05, 0) is 55.0 Å². The van der Waals surface area contributed by atoms with E-state index in [2.05, 4.69) is 66.0 Å². The summed E-state index contributed by atoms with van der Waals surface area (Å²) in [6.45, 7) is 0. The molecule has 0 saturated heterocycles. The lowest BCUT2D eigenvalue weighted by Crippen LogP contribution is -2.20. The Labute approximate surface area is 145 Å². The van der Waals surface area contributed by atoms with Crippen LogP contribution in [0.25, 0.3) is 5.57 Å². The number of nitrogens with one attached hydrogen (secondary N) is 2. The standard InChI is InChI=1S/C22H26N2/c1-24-22(16-21(23)19-10-6-3-7-11-19)20-14-12-18(13-15-20)17-8-4-2-5-9-17/h4,6,8-15,22-24H,2-3,5,7,16H2,1H3. The van der Waals surface area contributed by atoms with Crippen molar-refractivity contribution in [1.82, 2.24) is 5.32 Å². The number of hydrogen-bond donors (Lipinski definition) is 2. The molecule has 1 unspecified atom stereocenters. The molecule has 1 aromatic carbocycles. The maximum absolute atomic E-state index is 8.39. The number of allylic oxidation sites excluding steroid dienone is 8. The van der Waals surface area contributed by atoms with Crippen LogP contribution >= 0.6 is 0 Å². The van der Waals surface area contributed by atoms with E-state index >= 15 is 0 Å². The zero-order chi connectivity index (χ0) is 16.8. The van der Waals surface area contributed by atoms with Gasteiger partial charge < -0.3 is 10.7 Å². The molecule has 0 fully saturated rings. The van der Waals surface area contributed by atoms with Gasteiger partial charge in [-0.3, -0.25) is 0 Å². The fraction of sp³-hybridized carbons (Fsp3) is 0.318. The second-order valence-corrected chi connectivity index (χ2v) is 6.42. The van der Waals surface area contributed by atoms with Gasteiger partial charge in [0.15, 0.2) is 0 Å². The molecule has 1 atom stereocenters. The summed E-state index contributed by atoms with van der Waals surface area (Å²) in [5, 5.41) is 11.8. The molecular weight excluding hydrogens is 292 g/mol. The highest BCUT2D eigenvalue weighted by atomic mass is 14.9. The van der Waals surface area contributed by atoms with Crippen LogP contribution in [0, 0.1) is 5.41 Å². The van der Waals surface area contributed by atoms with Crippen LogP contribution in [-0.2, 0) is 0 Å². The fourth-order valence-electron chi connectivity index (χ4n) is 3.28. The van der Waals surface area contributed by atoms with Crippen molar-refractivity contribution >= 4 is 11.3 Å². The summed E-state index contributed by atoms with van der Waals surface area (Å²) in [6.07, 6.45) is 18.3. The van der Waals surface area contributed by atoms with Gasteiger partial charge in [-0.2, -0.15) is 0 Å². The molecular formula is C22H26N2. The van der Waals surface area contributed by atoms with Gasteiger partial charge in [0.1, 0.15) is 0 Å². The molecule has 1 aromatic rings. The van der Waals surface area contributed by atoms with E-state index in [9.17, 15) is 0 Å². The summed E-state index contributed by atoms with van der Waals surface area (Å²) in [6, 6.07) is 8.96. The van der Waals surface area contributed by atoms with Crippen LogP contribution in [0.15, 0.2) is 66.3 Å². The van der Waals surface area contributed by atoms with E-state index in [1.54, 1.807) is 0 Å². The first-order chi connectivity index (χ1) is 11.8. The van der Waals surface area contributed by atoms with E-state index in [4.69, 9.17) is 5.41 Å². The SMILES string of the molecule is CNC(CC(=N)C1=CCCC=C1)c1ccc(C2=CCCC=C2)cc1. The molecule has 0 aliphatic heterocycles. The summed E-state index contributed by atoms with van der Waals surface area (Å²) < 4.78 is 0. The van der Waals surface area contributed by atoms with E-state index in [-0.39, 0.29) is 6.04 Å². The Morgan fingerprint density at radius 1 is 1.00 bits per heavy atom. The van der Waals surface area contributed by atoms with E-state index in [1.807, 2.05) is 7.05 Å². The summed E-state index contributed by atoms with van der Waals surface area (Å²) in [7, 11) is 1.98. The Kier molecular flexibility index (Phi) is 5.60. The Bertz CT molecular complexity index is 702. The second-order valence-electron chi connectivity index (χ2n) is 6.42. The third-order valence-corrected chi connectivity index (χ3v) is 4.74. The van der Waals surface area contributed by atoms with E-state index in [1.165, 1.54) is 16.7 Å². The summed E-state index contributed by atoms with van der Waals surface area (Å²) >= 11 is 0. The number of hydrogen-bond acceptors (Lipinski definition) is 2. The first-order valence-electron chi connectivity index (χ1n) is 8.86. The first kappa shape index (κ1) is 16.7. The Hall–Kier alpha value is -2.19. The van der Waals surface area contributed by atoms with Gasteiger partial charge in [0.05, 0.1) is 0 Å². The van der Waals surface area contributed by atoms with Gasteiger partial charge in [0.2, 0.25) is 0 Å². The van der Waals surface area contributed by atoms with Crippen LogP contribution in [0.3, 0.4) is 0 Å². The Morgan fingerprint density at radius 3 is 2.29 bits per heavy atom. The van der Waals surface area contributed by atoms with Crippen LogP contribution in [0.1, 0.15) is 49.3 Å². The number of benzene rings is 1. The highest BCUT2D eigenvalue weighted by Crippen LogP contribution is 2.25. The molecule has 2 aliphatic carbocycles. The van der Waals surface area contributed by atoms with Gasteiger partial charge in [-0.25, -0.2) is 0 Å². The first-order valence-corrected chi connectivity index (χ1v) is 8.86. The maximum atomic E-state index is 8.39. The lowest BCUT2D eigenvalue weighted by molar-refractivity contribution is 0.616. The molecule has 124 valence electrons. The second kappa shape index (κ2) is 8.07. The van der Waals surface area contributed by atoms with Crippen molar-refractivity contribution < 1.29 is 0 Å². The minimum atomic E-state index is 0.179. The number of rotatable bonds is 6. The Balaban J connectivity index is 1.70. The molecule has 2 nitrogen and oxygen atoms in total. The quantitative estimate of drug-likeness (QED) is 0.680. The van der Waals surface area contributed by atoms with Crippen LogP contribution in [0.2, 0.25) is 0 Å². The Morgan fingerprint density at radius 2 is 1.71 bits per heavy atom. The van der Waals surface area contributed by atoms with Gasteiger partial charge in [0, 0.05) is 18.2 Å².